The van der Waals surface area contributed by atoms with E-state index in [0.29, 0.717) is 5.82 Å². The van der Waals surface area contributed by atoms with Crippen LogP contribution in [0.2, 0.25) is 0 Å². The van der Waals surface area contributed by atoms with Gasteiger partial charge in [0.1, 0.15) is 11.6 Å². The molecule has 0 radical (unpaired) electrons. The van der Waals surface area contributed by atoms with Gasteiger partial charge in [0.15, 0.2) is 0 Å². The van der Waals surface area contributed by atoms with Crippen molar-refractivity contribution in [2.24, 2.45) is 0 Å². The molecule has 0 aliphatic heterocycles. The van der Waals surface area contributed by atoms with Crippen molar-refractivity contribution in [3.05, 3.63) is 60.2 Å². The Hall–Kier alpha value is -2.25. The zero-order valence-electron chi connectivity index (χ0n) is 11.7. The van der Waals surface area contributed by atoms with Crippen LogP contribution in [-0.2, 0) is 10.0 Å². The molecule has 0 saturated heterocycles. The number of benzene rings is 2. The first-order chi connectivity index (χ1) is 10.5. The topological polar surface area (TPSA) is 74.8 Å². The maximum Gasteiger partial charge on any atom is 0.241 e. The second kappa shape index (κ2) is 5.51. The summed E-state index contributed by atoms with van der Waals surface area (Å²) in [5.74, 6) is 0.0381. The quantitative estimate of drug-likeness (QED) is 0.776. The molecule has 7 heteroatoms. The van der Waals surface area contributed by atoms with Crippen molar-refractivity contribution in [3.8, 4) is 0 Å². The molecule has 2 N–H and O–H groups in total. The van der Waals surface area contributed by atoms with Crippen molar-refractivity contribution in [3.63, 3.8) is 0 Å². The van der Waals surface area contributed by atoms with Gasteiger partial charge in [-0.2, -0.15) is 0 Å². The van der Waals surface area contributed by atoms with Crippen LogP contribution < -0.4 is 4.72 Å². The third-order valence-electron chi connectivity index (χ3n) is 3.27. The highest BCUT2D eigenvalue weighted by Gasteiger charge is 2.20. The van der Waals surface area contributed by atoms with Gasteiger partial charge in [-0.05, 0) is 43.3 Å². The number of hydrogen-bond donors (Lipinski definition) is 2. The molecule has 1 aromatic heterocycles. The lowest BCUT2D eigenvalue weighted by molar-refractivity contribution is 0.561. The van der Waals surface area contributed by atoms with Gasteiger partial charge < -0.3 is 4.98 Å². The number of para-hydroxylation sites is 2. The van der Waals surface area contributed by atoms with E-state index < -0.39 is 21.9 Å². The van der Waals surface area contributed by atoms with E-state index in [4.69, 9.17) is 0 Å². The predicted octanol–water partition coefficient (Wildman–Crippen LogP) is 2.74. The van der Waals surface area contributed by atoms with E-state index in [-0.39, 0.29) is 4.90 Å². The number of sulfonamides is 1. The fraction of sp³-hybridized carbons (Fsp3) is 0.133. The lowest BCUT2D eigenvalue weighted by atomic mass is 10.3. The number of hydrogen-bond acceptors (Lipinski definition) is 3. The van der Waals surface area contributed by atoms with Crippen molar-refractivity contribution < 1.29 is 12.8 Å². The fourth-order valence-electron chi connectivity index (χ4n) is 2.15. The summed E-state index contributed by atoms with van der Waals surface area (Å²) >= 11 is 0. The minimum absolute atomic E-state index is 0.0110. The van der Waals surface area contributed by atoms with Gasteiger partial charge in [-0.15, -0.1) is 0 Å². The summed E-state index contributed by atoms with van der Waals surface area (Å²) in [6.07, 6.45) is 0. The largest absolute Gasteiger partial charge is 0.341 e. The van der Waals surface area contributed by atoms with Gasteiger partial charge >= 0.3 is 0 Å². The maximum atomic E-state index is 12.9. The number of aromatic nitrogens is 2. The number of H-pyrrole nitrogens is 1. The smallest absolute Gasteiger partial charge is 0.241 e. The van der Waals surface area contributed by atoms with Crippen molar-refractivity contribution in [2.75, 3.05) is 0 Å². The average molecular weight is 319 g/mol. The first-order valence-electron chi connectivity index (χ1n) is 6.68. The zero-order chi connectivity index (χ0) is 15.7. The van der Waals surface area contributed by atoms with Crippen LogP contribution in [0.15, 0.2) is 53.4 Å². The Balaban J connectivity index is 1.86. The van der Waals surface area contributed by atoms with Crippen LogP contribution >= 0.6 is 0 Å². The number of halogens is 1. The summed E-state index contributed by atoms with van der Waals surface area (Å²) in [7, 11) is -3.74. The third-order valence-corrected chi connectivity index (χ3v) is 4.83. The van der Waals surface area contributed by atoms with Gasteiger partial charge in [0.2, 0.25) is 10.0 Å². The average Bonchev–Trinajstić information content (AvgIpc) is 2.91. The van der Waals surface area contributed by atoms with Crippen molar-refractivity contribution >= 4 is 21.1 Å². The molecule has 1 unspecified atom stereocenters. The SMILES string of the molecule is CC(NS(=O)(=O)c1ccc(F)cc1)c1nc2ccccc2[nH]1. The molecule has 0 aliphatic rings. The van der Waals surface area contributed by atoms with E-state index in [0.717, 1.165) is 23.2 Å². The summed E-state index contributed by atoms with van der Waals surface area (Å²) in [6.45, 7) is 1.69. The van der Waals surface area contributed by atoms with E-state index in [9.17, 15) is 12.8 Å². The number of fused-ring (bicyclic) bond motifs is 1. The summed E-state index contributed by atoms with van der Waals surface area (Å²) in [5.41, 5.74) is 1.61. The highest BCUT2D eigenvalue weighted by molar-refractivity contribution is 7.89. The molecule has 1 atom stereocenters. The fourth-order valence-corrected chi connectivity index (χ4v) is 3.36. The first kappa shape index (κ1) is 14.7. The summed E-state index contributed by atoms with van der Waals surface area (Å²) in [5, 5.41) is 0. The Morgan fingerprint density at radius 3 is 2.50 bits per heavy atom. The number of nitrogens with one attached hydrogen (secondary N) is 2. The molecule has 0 amide bonds. The molecule has 2 aromatic carbocycles. The molecule has 0 spiro atoms. The monoisotopic (exact) mass is 319 g/mol. The molecule has 22 heavy (non-hydrogen) atoms. The van der Waals surface area contributed by atoms with E-state index in [2.05, 4.69) is 14.7 Å². The molecule has 0 aliphatic carbocycles. The second-order valence-corrected chi connectivity index (χ2v) is 6.65. The number of aromatic amines is 1. The maximum absolute atomic E-state index is 12.9. The van der Waals surface area contributed by atoms with Crippen molar-refractivity contribution in [1.29, 1.82) is 0 Å². The molecule has 3 rings (SSSR count). The minimum Gasteiger partial charge on any atom is -0.341 e. The van der Waals surface area contributed by atoms with Crippen LogP contribution in [0.25, 0.3) is 11.0 Å². The number of rotatable bonds is 4. The number of imidazole rings is 1. The molecule has 0 saturated carbocycles. The second-order valence-electron chi connectivity index (χ2n) is 4.94. The lowest BCUT2D eigenvalue weighted by Gasteiger charge is -2.12. The van der Waals surface area contributed by atoms with Crippen LogP contribution in [0.3, 0.4) is 0 Å². The van der Waals surface area contributed by atoms with Gasteiger partial charge in [0, 0.05) is 0 Å². The van der Waals surface area contributed by atoms with Crippen LogP contribution in [-0.4, -0.2) is 18.4 Å². The minimum atomic E-state index is -3.74. The van der Waals surface area contributed by atoms with Gasteiger partial charge in [-0.1, -0.05) is 12.1 Å². The normalized spacial score (nSPS) is 13.4. The highest BCUT2D eigenvalue weighted by Crippen LogP contribution is 2.18. The molecule has 1 heterocycles. The zero-order valence-corrected chi connectivity index (χ0v) is 12.6. The van der Waals surface area contributed by atoms with Crippen LogP contribution in [0, 0.1) is 5.82 Å². The highest BCUT2D eigenvalue weighted by atomic mass is 32.2. The molecule has 0 bridgehead atoms. The Morgan fingerprint density at radius 2 is 1.82 bits per heavy atom. The molecule has 3 aromatic rings. The Morgan fingerprint density at radius 1 is 1.14 bits per heavy atom. The Labute approximate surface area is 127 Å². The van der Waals surface area contributed by atoms with Crippen LogP contribution in [0.4, 0.5) is 4.39 Å². The Kier molecular flexibility index (Phi) is 3.67. The van der Waals surface area contributed by atoms with E-state index >= 15 is 0 Å². The van der Waals surface area contributed by atoms with Crippen molar-refractivity contribution in [2.45, 2.75) is 17.9 Å². The summed E-state index contributed by atoms with van der Waals surface area (Å²) in [4.78, 5) is 7.45. The summed E-state index contributed by atoms with van der Waals surface area (Å²) in [6, 6.07) is 11.6. The van der Waals surface area contributed by atoms with Gasteiger partial charge in [-0.25, -0.2) is 22.5 Å². The molecule has 114 valence electrons. The van der Waals surface area contributed by atoms with Gasteiger partial charge in [-0.3, -0.25) is 0 Å². The first-order valence-corrected chi connectivity index (χ1v) is 8.16. The van der Waals surface area contributed by atoms with Crippen LogP contribution in [0.5, 0.6) is 0 Å². The molecule has 0 fully saturated rings. The molecular formula is C15H14FN3O2S. The van der Waals surface area contributed by atoms with E-state index in [1.54, 1.807) is 6.92 Å². The van der Waals surface area contributed by atoms with Crippen molar-refractivity contribution in [1.82, 2.24) is 14.7 Å². The van der Waals surface area contributed by atoms with Crippen LogP contribution in [0.1, 0.15) is 18.8 Å². The molecule has 5 nitrogen and oxygen atoms in total. The standard InChI is InChI=1S/C15H14FN3O2S/c1-10(15-17-13-4-2-3-5-14(13)18-15)19-22(20,21)12-8-6-11(16)7-9-12/h2-10,19H,1H3,(H,17,18). The summed E-state index contributed by atoms with van der Waals surface area (Å²) < 4.78 is 39.9. The molecular weight excluding hydrogens is 305 g/mol. The third kappa shape index (κ3) is 2.86. The predicted molar refractivity (Wildman–Crippen MR) is 81.2 cm³/mol. The number of nitrogens with zero attached hydrogens (tertiary/aromatic N) is 1. The lowest BCUT2D eigenvalue weighted by Crippen LogP contribution is -2.27. The van der Waals surface area contributed by atoms with E-state index in [1.807, 2.05) is 24.3 Å². The van der Waals surface area contributed by atoms with Gasteiger partial charge in [0.25, 0.3) is 0 Å². The Bertz CT molecular complexity index is 871. The van der Waals surface area contributed by atoms with E-state index in [1.165, 1.54) is 12.1 Å². The van der Waals surface area contributed by atoms with Gasteiger partial charge in [0.05, 0.1) is 22.0 Å².